The lowest BCUT2D eigenvalue weighted by Crippen LogP contribution is -2.51. The number of piperidine rings is 1. The molecule has 2 unspecified atom stereocenters. The summed E-state index contributed by atoms with van der Waals surface area (Å²) in [5.41, 5.74) is 2.52. The van der Waals surface area contributed by atoms with E-state index in [4.69, 9.17) is 9.47 Å². The highest BCUT2D eigenvalue weighted by Gasteiger charge is 2.26. The highest BCUT2D eigenvalue weighted by molar-refractivity contribution is 5.80. The third kappa shape index (κ3) is 5.01. The number of hydrogen-bond donors (Lipinski definition) is 2. The van der Waals surface area contributed by atoms with E-state index in [0.717, 1.165) is 49.0 Å². The van der Waals surface area contributed by atoms with E-state index in [2.05, 4.69) is 63.8 Å². The molecule has 6 heteroatoms. The van der Waals surface area contributed by atoms with Crippen molar-refractivity contribution in [3.63, 3.8) is 0 Å². The van der Waals surface area contributed by atoms with Gasteiger partial charge in [0.2, 0.25) is 6.79 Å². The Balaban J connectivity index is 1.26. The minimum atomic E-state index is 0.302. The van der Waals surface area contributed by atoms with Crippen molar-refractivity contribution in [3.8, 4) is 11.5 Å². The molecule has 2 N–H and O–H groups in total. The first-order valence-electron chi connectivity index (χ1n) is 10.3. The monoisotopic (exact) mass is 394 g/mol. The third-order valence-electron chi connectivity index (χ3n) is 5.70. The SMILES string of the molecule is CN=C(NCc1ccc2c(c1)OCO2)NC1CCN(Cc2ccccc2)C(C)C1. The quantitative estimate of drug-likeness (QED) is 0.603. The molecule has 0 saturated carbocycles. The zero-order valence-corrected chi connectivity index (χ0v) is 17.2. The van der Waals surface area contributed by atoms with Crippen LogP contribution in [0.2, 0.25) is 0 Å². The first kappa shape index (κ1) is 19.6. The van der Waals surface area contributed by atoms with Crippen molar-refractivity contribution in [2.45, 2.75) is 44.9 Å². The lowest BCUT2D eigenvalue weighted by Gasteiger charge is -2.38. The van der Waals surface area contributed by atoms with Crippen LogP contribution in [0, 0.1) is 0 Å². The van der Waals surface area contributed by atoms with Crippen LogP contribution < -0.4 is 20.1 Å². The summed E-state index contributed by atoms with van der Waals surface area (Å²) in [7, 11) is 1.82. The summed E-state index contributed by atoms with van der Waals surface area (Å²) in [6.07, 6.45) is 2.22. The molecule has 154 valence electrons. The lowest BCUT2D eigenvalue weighted by molar-refractivity contribution is 0.134. The van der Waals surface area contributed by atoms with Gasteiger partial charge in [-0.2, -0.15) is 0 Å². The summed E-state index contributed by atoms with van der Waals surface area (Å²) in [6, 6.07) is 17.7. The zero-order chi connectivity index (χ0) is 20.1. The summed E-state index contributed by atoms with van der Waals surface area (Å²) in [5.74, 6) is 2.47. The Morgan fingerprint density at radius 2 is 1.93 bits per heavy atom. The molecule has 1 fully saturated rings. The highest BCUT2D eigenvalue weighted by Crippen LogP contribution is 2.32. The predicted octanol–water partition coefficient (Wildman–Crippen LogP) is 3.13. The molecule has 0 amide bonds. The van der Waals surface area contributed by atoms with Crippen LogP contribution >= 0.6 is 0 Å². The number of aliphatic imine (C=N–C) groups is 1. The number of fused-ring (bicyclic) bond motifs is 1. The van der Waals surface area contributed by atoms with Gasteiger partial charge in [-0.3, -0.25) is 9.89 Å². The molecule has 6 nitrogen and oxygen atoms in total. The molecule has 0 bridgehead atoms. The molecule has 2 aliphatic rings. The smallest absolute Gasteiger partial charge is 0.231 e. The van der Waals surface area contributed by atoms with Gasteiger partial charge in [-0.15, -0.1) is 0 Å². The van der Waals surface area contributed by atoms with Crippen LogP contribution in [-0.4, -0.2) is 43.3 Å². The van der Waals surface area contributed by atoms with Gasteiger partial charge in [0.1, 0.15) is 0 Å². The van der Waals surface area contributed by atoms with Crippen molar-refractivity contribution < 1.29 is 9.47 Å². The second kappa shape index (κ2) is 9.18. The van der Waals surface area contributed by atoms with Crippen molar-refractivity contribution in [3.05, 3.63) is 59.7 Å². The second-order valence-corrected chi connectivity index (χ2v) is 7.78. The topological polar surface area (TPSA) is 58.1 Å². The van der Waals surface area contributed by atoms with E-state index in [1.54, 1.807) is 0 Å². The number of guanidine groups is 1. The molecule has 2 aromatic rings. The third-order valence-corrected chi connectivity index (χ3v) is 5.70. The minimum absolute atomic E-state index is 0.302. The standard InChI is InChI=1S/C23H30N4O2/c1-17-12-20(10-11-27(17)15-18-6-4-3-5-7-18)26-23(24-2)25-14-19-8-9-21-22(13-19)29-16-28-21/h3-9,13,17,20H,10-12,14-16H2,1-2H3,(H2,24,25,26). The molecule has 2 aliphatic heterocycles. The van der Waals surface area contributed by atoms with E-state index in [9.17, 15) is 0 Å². The van der Waals surface area contributed by atoms with E-state index in [0.29, 0.717) is 25.4 Å². The van der Waals surface area contributed by atoms with Gasteiger partial charge < -0.3 is 20.1 Å². The van der Waals surface area contributed by atoms with Crippen molar-refractivity contribution in [2.24, 2.45) is 4.99 Å². The van der Waals surface area contributed by atoms with Crippen LogP contribution in [0.4, 0.5) is 0 Å². The van der Waals surface area contributed by atoms with E-state index in [-0.39, 0.29) is 0 Å². The van der Waals surface area contributed by atoms with Crippen LogP contribution in [0.3, 0.4) is 0 Å². The molecular weight excluding hydrogens is 364 g/mol. The molecule has 0 aromatic heterocycles. The van der Waals surface area contributed by atoms with Gasteiger partial charge in [0.05, 0.1) is 0 Å². The van der Waals surface area contributed by atoms with Gasteiger partial charge in [0, 0.05) is 38.8 Å². The number of nitrogens with one attached hydrogen (secondary N) is 2. The van der Waals surface area contributed by atoms with Gasteiger partial charge in [-0.05, 0) is 43.0 Å². The Hall–Kier alpha value is -2.73. The lowest BCUT2D eigenvalue weighted by atomic mass is 9.97. The minimum Gasteiger partial charge on any atom is -0.454 e. The molecule has 1 saturated heterocycles. The number of hydrogen-bond acceptors (Lipinski definition) is 4. The fraction of sp³-hybridized carbons (Fsp3) is 0.435. The van der Waals surface area contributed by atoms with Crippen LogP contribution in [0.5, 0.6) is 11.5 Å². The summed E-state index contributed by atoms with van der Waals surface area (Å²) >= 11 is 0. The molecule has 0 aliphatic carbocycles. The Labute approximate surface area is 172 Å². The largest absolute Gasteiger partial charge is 0.454 e. The van der Waals surface area contributed by atoms with Gasteiger partial charge in [0.25, 0.3) is 0 Å². The number of nitrogens with zero attached hydrogens (tertiary/aromatic N) is 2. The first-order valence-corrected chi connectivity index (χ1v) is 10.3. The van der Waals surface area contributed by atoms with Gasteiger partial charge in [-0.1, -0.05) is 36.4 Å². The Morgan fingerprint density at radius 3 is 2.72 bits per heavy atom. The van der Waals surface area contributed by atoms with E-state index < -0.39 is 0 Å². The number of benzene rings is 2. The molecule has 2 heterocycles. The first-order chi connectivity index (χ1) is 14.2. The van der Waals surface area contributed by atoms with Crippen LogP contribution in [0.1, 0.15) is 30.9 Å². The normalized spacial score (nSPS) is 21.8. The van der Waals surface area contributed by atoms with E-state index in [1.807, 2.05) is 19.2 Å². The molecule has 2 aromatic carbocycles. The molecule has 4 rings (SSSR count). The van der Waals surface area contributed by atoms with Crippen LogP contribution in [-0.2, 0) is 13.1 Å². The maximum atomic E-state index is 5.46. The maximum Gasteiger partial charge on any atom is 0.231 e. The summed E-state index contributed by atoms with van der Waals surface area (Å²) in [5, 5.41) is 7.02. The van der Waals surface area contributed by atoms with Crippen molar-refractivity contribution in [2.75, 3.05) is 20.4 Å². The maximum absolute atomic E-state index is 5.46. The van der Waals surface area contributed by atoms with Crippen LogP contribution in [0.25, 0.3) is 0 Å². The fourth-order valence-corrected chi connectivity index (χ4v) is 4.03. The van der Waals surface area contributed by atoms with Gasteiger partial charge in [-0.25, -0.2) is 0 Å². The number of likely N-dealkylation sites (tertiary alicyclic amines) is 1. The van der Waals surface area contributed by atoms with Crippen molar-refractivity contribution in [1.82, 2.24) is 15.5 Å². The average Bonchev–Trinajstić information content (AvgIpc) is 3.21. The zero-order valence-electron chi connectivity index (χ0n) is 17.2. The Kier molecular flexibility index (Phi) is 6.20. The second-order valence-electron chi connectivity index (χ2n) is 7.78. The van der Waals surface area contributed by atoms with Crippen molar-refractivity contribution in [1.29, 1.82) is 0 Å². The predicted molar refractivity (Wildman–Crippen MR) is 115 cm³/mol. The molecule has 0 spiro atoms. The van der Waals surface area contributed by atoms with E-state index in [1.165, 1.54) is 5.56 Å². The van der Waals surface area contributed by atoms with Crippen molar-refractivity contribution >= 4 is 5.96 Å². The highest BCUT2D eigenvalue weighted by atomic mass is 16.7. The van der Waals surface area contributed by atoms with E-state index >= 15 is 0 Å². The number of ether oxygens (including phenoxy) is 2. The Morgan fingerprint density at radius 1 is 1.10 bits per heavy atom. The molecule has 0 radical (unpaired) electrons. The van der Waals surface area contributed by atoms with Gasteiger partial charge >= 0.3 is 0 Å². The van der Waals surface area contributed by atoms with Crippen LogP contribution in [0.15, 0.2) is 53.5 Å². The van der Waals surface area contributed by atoms with Gasteiger partial charge in [0.15, 0.2) is 17.5 Å². The molecule has 2 atom stereocenters. The average molecular weight is 395 g/mol. The summed E-state index contributed by atoms with van der Waals surface area (Å²) in [4.78, 5) is 6.97. The number of rotatable bonds is 5. The summed E-state index contributed by atoms with van der Waals surface area (Å²) in [6.45, 7) is 5.42. The fourth-order valence-electron chi connectivity index (χ4n) is 4.03. The summed E-state index contributed by atoms with van der Waals surface area (Å²) < 4.78 is 10.8. The molecular formula is C23H30N4O2. The Bertz CT molecular complexity index is 840. The molecule has 29 heavy (non-hydrogen) atoms.